The van der Waals surface area contributed by atoms with Crippen LogP contribution in [0.15, 0.2) is 12.3 Å². The first-order valence-corrected chi connectivity index (χ1v) is 4.07. The average molecular weight is 226 g/mol. The van der Waals surface area contributed by atoms with E-state index < -0.39 is 12.3 Å². The van der Waals surface area contributed by atoms with Crippen molar-refractivity contribution in [2.45, 2.75) is 19.2 Å². The molecule has 0 bridgehead atoms. The topological polar surface area (TPSA) is 33.1 Å². The molecule has 0 radical (unpaired) electrons. The first-order chi connectivity index (χ1) is 6.32. The van der Waals surface area contributed by atoms with Crippen molar-refractivity contribution in [3.05, 3.63) is 28.5 Å². The predicted octanol–water partition coefficient (Wildman–Crippen LogP) is 2.64. The molecule has 2 nitrogen and oxygen atoms in total. The first-order valence-electron chi connectivity index (χ1n) is 3.69. The molecule has 14 heavy (non-hydrogen) atoms. The molecule has 1 atom stereocenters. The quantitative estimate of drug-likeness (QED) is 0.746. The number of halogens is 4. The number of aliphatic hydroxyl groups excluding tert-OH is 1. The summed E-state index contributed by atoms with van der Waals surface area (Å²) in [5.41, 5.74) is 0.0897. The highest BCUT2D eigenvalue weighted by atomic mass is 35.5. The van der Waals surface area contributed by atoms with E-state index in [0.717, 1.165) is 12.3 Å². The number of alkyl halides is 3. The lowest BCUT2D eigenvalue weighted by molar-refractivity contribution is -0.206. The minimum Gasteiger partial charge on any atom is -0.379 e. The monoisotopic (exact) mass is 225 g/mol. The third-order valence-electron chi connectivity index (χ3n) is 1.66. The van der Waals surface area contributed by atoms with E-state index in [9.17, 15) is 13.2 Å². The lowest BCUT2D eigenvalue weighted by Gasteiger charge is -2.14. The molecule has 0 aliphatic heterocycles. The van der Waals surface area contributed by atoms with E-state index in [1.807, 2.05) is 0 Å². The fourth-order valence-corrected chi connectivity index (χ4v) is 1.02. The third kappa shape index (κ3) is 2.36. The Balaban J connectivity index is 3.03. The SMILES string of the molecule is Cc1cc([C@H](O)C(F)(F)F)cnc1Cl. The second-order valence-electron chi connectivity index (χ2n) is 2.82. The predicted molar refractivity (Wildman–Crippen MR) is 45.0 cm³/mol. The van der Waals surface area contributed by atoms with E-state index in [1.54, 1.807) is 0 Å². The molecule has 78 valence electrons. The normalized spacial score (nSPS) is 14.1. The number of aryl methyl sites for hydroxylation is 1. The zero-order valence-electron chi connectivity index (χ0n) is 7.14. The summed E-state index contributed by atoms with van der Waals surface area (Å²) in [5, 5.41) is 8.99. The Morgan fingerprint density at radius 1 is 1.50 bits per heavy atom. The van der Waals surface area contributed by atoms with Crippen LogP contribution in [0.5, 0.6) is 0 Å². The van der Waals surface area contributed by atoms with Gasteiger partial charge in [0.25, 0.3) is 0 Å². The van der Waals surface area contributed by atoms with Gasteiger partial charge in [-0.25, -0.2) is 4.98 Å². The minimum atomic E-state index is -4.68. The summed E-state index contributed by atoms with van der Waals surface area (Å²) in [5.74, 6) is 0. The van der Waals surface area contributed by atoms with Gasteiger partial charge in [0.1, 0.15) is 5.15 Å². The second-order valence-corrected chi connectivity index (χ2v) is 3.18. The maximum Gasteiger partial charge on any atom is 0.418 e. The van der Waals surface area contributed by atoms with Crippen molar-refractivity contribution in [3.63, 3.8) is 0 Å². The molecule has 1 heterocycles. The molecular formula is C8H7ClF3NO. The van der Waals surface area contributed by atoms with Crippen LogP contribution in [-0.4, -0.2) is 16.3 Å². The van der Waals surface area contributed by atoms with Crippen molar-refractivity contribution in [2.24, 2.45) is 0 Å². The van der Waals surface area contributed by atoms with Gasteiger partial charge in [0.05, 0.1) is 0 Å². The lowest BCUT2D eigenvalue weighted by atomic mass is 10.1. The number of nitrogens with zero attached hydrogens (tertiary/aromatic N) is 1. The second kappa shape index (κ2) is 3.74. The molecule has 1 rings (SSSR count). The molecule has 0 aromatic carbocycles. The third-order valence-corrected chi connectivity index (χ3v) is 2.06. The van der Waals surface area contributed by atoms with Gasteiger partial charge in [0.15, 0.2) is 6.10 Å². The Labute approximate surface area is 83.3 Å². The van der Waals surface area contributed by atoms with Crippen molar-refractivity contribution in [2.75, 3.05) is 0 Å². The minimum absolute atomic E-state index is 0.128. The Kier molecular flexibility index (Phi) is 3.01. The van der Waals surface area contributed by atoms with E-state index in [0.29, 0.717) is 5.56 Å². The van der Waals surface area contributed by atoms with Crippen molar-refractivity contribution < 1.29 is 18.3 Å². The summed E-state index contributed by atoms with van der Waals surface area (Å²) in [6.45, 7) is 1.52. The maximum atomic E-state index is 12.1. The van der Waals surface area contributed by atoms with Gasteiger partial charge >= 0.3 is 6.18 Å². The zero-order chi connectivity index (χ0) is 10.9. The molecule has 0 aliphatic carbocycles. The van der Waals surface area contributed by atoms with Gasteiger partial charge in [-0.15, -0.1) is 0 Å². The van der Waals surface area contributed by atoms with Gasteiger partial charge < -0.3 is 5.11 Å². The summed E-state index contributed by atoms with van der Waals surface area (Å²) in [4.78, 5) is 3.52. The molecule has 0 saturated heterocycles. The summed E-state index contributed by atoms with van der Waals surface area (Å²) in [7, 11) is 0. The van der Waals surface area contributed by atoms with Crippen molar-refractivity contribution in [3.8, 4) is 0 Å². The average Bonchev–Trinajstić information content (AvgIpc) is 2.07. The van der Waals surface area contributed by atoms with Crippen LogP contribution in [0.1, 0.15) is 17.2 Å². The molecule has 0 saturated carbocycles. The van der Waals surface area contributed by atoms with Gasteiger partial charge in [-0.2, -0.15) is 13.2 Å². The molecule has 0 fully saturated rings. The largest absolute Gasteiger partial charge is 0.418 e. The highest BCUT2D eigenvalue weighted by molar-refractivity contribution is 6.30. The number of rotatable bonds is 1. The highest BCUT2D eigenvalue weighted by Crippen LogP contribution is 2.32. The van der Waals surface area contributed by atoms with Crippen molar-refractivity contribution in [1.82, 2.24) is 4.98 Å². The summed E-state index contributed by atoms with van der Waals surface area (Å²) < 4.78 is 36.2. The van der Waals surface area contributed by atoms with Crippen LogP contribution in [0.4, 0.5) is 13.2 Å². The summed E-state index contributed by atoms with van der Waals surface area (Å²) in [6.07, 6.45) is -6.28. The Bertz CT molecular complexity index is 340. The van der Waals surface area contributed by atoms with E-state index in [2.05, 4.69) is 4.98 Å². The molecule has 0 spiro atoms. The Morgan fingerprint density at radius 2 is 2.07 bits per heavy atom. The number of hydrogen-bond acceptors (Lipinski definition) is 2. The molecule has 0 amide bonds. The van der Waals surface area contributed by atoms with E-state index in [-0.39, 0.29) is 10.7 Å². The van der Waals surface area contributed by atoms with Gasteiger partial charge in [-0.05, 0) is 18.6 Å². The van der Waals surface area contributed by atoms with Crippen LogP contribution in [0.2, 0.25) is 5.15 Å². The van der Waals surface area contributed by atoms with Crippen molar-refractivity contribution >= 4 is 11.6 Å². The standard InChI is InChI=1S/C8H7ClF3NO/c1-4-2-5(3-13-7(4)9)6(14)8(10,11)12/h2-3,6,14H,1H3/t6-/m0/s1. The summed E-state index contributed by atoms with van der Waals surface area (Å²) >= 11 is 5.53. The molecule has 0 unspecified atom stereocenters. The lowest BCUT2D eigenvalue weighted by Crippen LogP contribution is -2.20. The van der Waals surface area contributed by atoms with Crippen LogP contribution >= 0.6 is 11.6 Å². The van der Waals surface area contributed by atoms with Crippen LogP contribution in [0.25, 0.3) is 0 Å². The van der Waals surface area contributed by atoms with Crippen molar-refractivity contribution in [1.29, 1.82) is 0 Å². The molecule has 6 heteroatoms. The van der Waals surface area contributed by atoms with Gasteiger partial charge in [0, 0.05) is 11.8 Å². The van der Waals surface area contributed by atoms with Crippen LogP contribution in [-0.2, 0) is 0 Å². The molecule has 0 aliphatic rings. The number of pyridine rings is 1. The van der Waals surface area contributed by atoms with Crippen LogP contribution in [0, 0.1) is 6.92 Å². The van der Waals surface area contributed by atoms with Crippen LogP contribution in [0.3, 0.4) is 0 Å². The number of aliphatic hydroxyl groups is 1. The van der Waals surface area contributed by atoms with Crippen LogP contribution < -0.4 is 0 Å². The Morgan fingerprint density at radius 3 is 2.50 bits per heavy atom. The first kappa shape index (κ1) is 11.3. The fourth-order valence-electron chi connectivity index (χ4n) is 0.918. The smallest absolute Gasteiger partial charge is 0.379 e. The molecular weight excluding hydrogens is 219 g/mol. The summed E-state index contributed by atoms with van der Waals surface area (Å²) in [6, 6.07) is 1.16. The Hall–Kier alpha value is -0.810. The number of hydrogen-bond donors (Lipinski definition) is 1. The zero-order valence-corrected chi connectivity index (χ0v) is 7.89. The maximum absolute atomic E-state index is 12.1. The molecule has 1 N–H and O–H groups in total. The van der Waals surface area contributed by atoms with E-state index in [1.165, 1.54) is 6.92 Å². The van der Waals surface area contributed by atoms with E-state index >= 15 is 0 Å². The van der Waals surface area contributed by atoms with Gasteiger partial charge in [0.2, 0.25) is 0 Å². The molecule has 1 aromatic rings. The number of aromatic nitrogens is 1. The van der Waals surface area contributed by atoms with Gasteiger partial charge in [-0.3, -0.25) is 0 Å². The molecule has 1 aromatic heterocycles. The van der Waals surface area contributed by atoms with Gasteiger partial charge in [-0.1, -0.05) is 11.6 Å². The fraction of sp³-hybridized carbons (Fsp3) is 0.375. The highest BCUT2D eigenvalue weighted by Gasteiger charge is 2.39. The van der Waals surface area contributed by atoms with E-state index in [4.69, 9.17) is 16.7 Å².